The number of anilines is 1. The molecule has 0 saturated heterocycles. The second kappa shape index (κ2) is 10.9. The van der Waals surface area contributed by atoms with Crippen molar-refractivity contribution in [2.75, 3.05) is 12.1 Å². The number of imide groups is 1. The molecule has 3 amide bonds. The number of methoxy groups -OCH3 is 1. The molecule has 9 heteroatoms. The highest BCUT2D eigenvalue weighted by Gasteiger charge is 2.39. The lowest BCUT2D eigenvalue weighted by Crippen LogP contribution is -2.54. The maximum atomic E-state index is 15.4. The van der Waals surface area contributed by atoms with Crippen LogP contribution < -0.4 is 5.01 Å². The van der Waals surface area contributed by atoms with Crippen LogP contribution in [-0.2, 0) is 9.47 Å². The number of carbonyl (C=O) groups excluding carboxylic acids is 3. The van der Waals surface area contributed by atoms with Crippen LogP contribution in [0.3, 0.4) is 0 Å². The van der Waals surface area contributed by atoms with Crippen molar-refractivity contribution in [3.63, 3.8) is 0 Å². The molecule has 0 spiro atoms. The molecule has 8 nitrogen and oxygen atoms in total. The van der Waals surface area contributed by atoms with Crippen LogP contribution in [0, 0.1) is 12.7 Å². The van der Waals surface area contributed by atoms with Gasteiger partial charge in [0.1, 0.15) is 11.4 Å². The normalized spacial score (nSPS) is 11.1. The van der Waals surface area contributed by atoms with Crippen LogP contribution in [0.1, 0.15) is 36.7 Å². The van der Waals surface area contributed by atoms with E-state index in [0.29, 0.717) is 21.8 Å². The number of ether oxygens (including phenoxy) is 2. The Labute approximate surface area is 225 Å². The summed E-state index contributed by atoms with van der Waals surface area (Å²) in [6.07, 6.45) is -2.18. The Morgan fingerprint density at radius 1 is 0.846 bits per heavy atom. The zero-order chi connectivity index (χ0) is 28.3. The summed E-state index contributed by atoms with van der Waals surface area (Å²) >= 11 is 0. The number of para-hydroxylation sites is 1. The van der Waals surface area contributed by atoms with Gasteiger partial charge in [-0.05, 0) is 57.5 Å². The van der Waals surface area contributed by atoms with Gasteiger partial charge in [0.05, 0.1) is 29.6 Å². The van der Waals surface area contributed by atoms with Gasteiger partial charge in [-0.1, -0.05) is 54.6 Å². The number of halogens is 1. The summed E-state index contributed by atoms with van der Waals surface area (Å²) in [6.45, 7) is 6.49. The first-order valence-corrected chi connectivity index (χ1v) is 12.2. The number of carbonyl (C=O) groups is 3. The summed E-state index contributed by atoms with van der Waals surface area (Å²) in [6, 6.07) is 21.4. The summed E-state index contributed by atoms with van der Waals surface area (Å²) in [5, 5.41) is 1.21. The first-order chi connectivity index (χ1) is 18.5. The third-order valence-electron chi connectivity index (χ3n) is 5.77. The summed E-state index contributed by atoms with van der Waals surface area (Å²) < 4.78 is 25.9. The Morgan fingerprint density at radius 2 is 1.46 bits per heavy atom. The van der Waals surface area contributed by atoms with Crippen molar-refractivity contribution in [3.05, 3.63) is 95.8 Å². The molecular weight excluding hydrogens is 501 g/mol. The van der Waals surface area contributed by atoms with Gasteiger partial charge in [-0.15, -0.1) is 5.01 Å². The second-order valence-corrected chi connectivity index (χ2v) is 9.68. The summed E-state index contributed by atoms with van der Waals surface area (Å²) in [5.74, 6) is -1.70. The Hall–Kier alpha value is -4.79. The topological polar surface area (TPSA) is 89.0 Å². The van der Waals surface area contributed by atoms with Gasteiger partial charge < -0.3 is 9.47 Å². The van der Waals surface area contributed by atoms with E-state index < -0.39 is 29.5 Å². The highest BCUT2D eigenvalue weighted by Crippen LogP contribution is 2.33. The standard InChI is InChI=1S/C30H28FN3O5/c1-19-24(25-22(31)17-12-18-23(25)32-26(19)20-13-8-6-9-14-20)27(35)34(29(37)39-30(2,3)4)33(28(36)38-5)21-15-10-7-11-16-21/h6-18H,1-5H3. The van der Waals surface area contributed by atoms with Crippen LogP contribution in [-0.4, -0.2) is 40.8 Å². The molecule has 4 rings (SSSR count). The predicted octanol–water partition coefficient (Wildman–Crippen LogP) is 6.91. The number of nitrogens with zero attached hydrogens (tertiary/aromatic N) is 3. The zero-order valence-corrected chi connectivity index (χ0v) is 22.3. The molecule has 0 N–H and O–H groups in total. The van der Waals surface area contributed by atoms with Gasteiger partial charge in [-0.3, -0.25) is 4.79 Å². The van der Waals surface area contributed by atoms with Crippen molar-refractivity contribution in [2.45, 2.75) is 33.3 Å². The Morgan fingerprint density at radius 3 is 2.05 bits per heavy atom. The number of pyridine rings is 1. The third kappa shape index (κ3) is 5.57. The van der Waals surface area contributed by atoms with Crippen LogP contribution in [0.5, 0.6) is 0 Å². The van der Waals surface area contributed by atoms with E-state index in [4.69, 9.17) is 9.47 Å². The fraction of sp³-hybridized carbons (Fsp3) is 0.200. The van der Waals surface area contributed by atoms with Crippen LogP contribution in [0.4, 0.5) is 19.7 Å². The number of hydrazine groups is 1. The lowest BCUT2D eigenvalue weighted by Gasteiger charge is -2.33. The van der Waals surface area contributed by atoms with E-state index in [-0.39, 0.29) is 22.2 Å². The van der Waals surface area contributed by atoms with Crippen LogP contribution in [0.25, 0.3) is 22.2 Å². The van der Waals surface area contributed by atoms with Crippen LogP contribution >= 0.6 is 0 Å². The number of hydrogen-bond acceptors (Lipinski definition) is 6. The number of aromatic nitrogens is 1. The smallest absolute Gasteiger partial charge is 0.437 e. The molecule has 0 unspecified atom stereocenters. The second-order valence-electron chi connectivity index (χ2n) is 9.68. The van der Waals surface area contributed by atoms with E-state index in [0.717, 1.165) is 12.1 Å². The zero-order valence-electron chi connectivity index (χ0n) is 22.3. The molecule has 0 atom stereocenters. The highest BCUT2D eigenvalue weighted by molar-refractivity contribution is 6.15. The SMILES string of the molecule is COC(=O)N(c1ccccc1)N(C(=O)OC(C)(C)C)C(=O)c1c(C)c(-c2ccccc2)nc2cccc(F)c12. The quantitative estimate of drug-likeness (QED) is 0.268. The molecule has 0 aliphatic heterocycles. The monoisotopic (exact) mass is 529 g/mol. The lowest BCUT2D eigenvalue weighted by atomic mass is 9.96. The fourth-order valence-corrected chi connectivity index (χ4v) is 4.13. The minimum Gasteiger partial charge on any atom is -0.451 e. The molecule has 39 heavy (non-hydrogen) atoms. The number of benzene rings is 3. The number of rotatable bonds is 3. The minimum absolute atomic E-state index is 0.0916. The van der Waals surface area contributed by atoms with E-state index >= 15 is 4.39 Å². The van der Waals surface area contributed by atoms with Crippen molar-refractivity contribution in [3.8, 4) is 11.3 Å². The van der Waals surface area contributed by atoms with E-state index in [1.54, 1.807) is 52.0 Å². The molecule has 3 aromatic carbocycles. The fourth-order valence-electron chi connectivity index (χ4n) is 4.13. The largest absolute Gasteiger partial charge is 0.451 e. The van der Waals surface area contributed by atoms with E-state index in [9.17, 15) is 14.4 Å². The molecule has 0 saturated carbocycles. The van der Waals surface area contributed by atoms with Crippen LogP contribution in [0.15, 0.2) is 78.9 Å². The molecule has 0 aliphatic rings. The summed E-state index contributed by atoms with van der Waals surface area (Å²) in [7, 11) is 1.12. The molecule has 0 radical (unpaired) electrons. The maximum Gasteiger partial charge on any atom is 0.437 e. The first-order valence-electron chi connectivity index (χ1n) is 12.2. The minimum atomic E-state index is -1.15. The van der Waals surface area contributed by atoms with Gasteiger partial charge in [0.25, 0.3) is 5.91 Å². The molecule has 0 aliphatic carbocycles. The molecule has 0 fully saturated rings. The van der Waals surface area contributed by atoms with Crippen molar-refractivity contribution >= 4 is 34.7 Å². The molecule has 1 heterocycles. The van der Waals surface area contributed by atoms with E-state index in [2.05, 4.69) is 4.98 Å². The van der Waals surface area contributed by atoms with Gasteiger partial charge in [-0.25, -0.2) is 19.0 Å². The van der Waals surface area contributed by atoms with Gasteiger partial charge in [0.2, 0.25) is 0 Å². The van der Waals surface area contributed by atoms with E-state index in [1.807, 2.05) is 30.3 Å². The highest BCUT2D eigenvalue weighted by atomic mass is 19.1. The molecule has 1 aromatic heterocycles. The first kappa shape index (κ1) is 27.3. The molecule has 0 bridgehead atoms. The average molecular weight is 530 g/mol. The molecule has 200 valence electrons. The van der Waals surface area contributed by atoms with Gasteiger partial charge in [-0.2, -0.15) is 5.01 Å². The van der Waals surface area contributed by atoms with Gasteiger partial charge >= 0.3 is 12.2 Å². The molecular formula is C30H28FN3O5. The Balaban J connectivity index is 2.03. The third-order valence-corrected chi connectivity index (χ3v) is 5.77. The van der Waals surface area contributed by atoms with Crippen LogP contribution in [0.2, 0.25) is 0 Å². The Bertz CT molecular complexity index is 1540. The average Bonchev–Trinajstić information content (AvgIpc) is 2.91. The van der Waals surface area contributed by atoms with Crippen molar-refractivity contribution in [2.24, 2.45) is 0 Å². The molecule has 4 aromatic rings. The number of hydrogen-bond donors (Lipinski definition) is 0. The van der Waals surface area contributed by atoms with Crippen molar-refractivity contribution in [1.82, 2.24) is 9.99 Å². The maximum absolute atomic E-state index is 15.4. The van der Waals surface area contributed by atoms with Gasteiger partial charge in [0, 0.05) is 10.9 Å². The van der Waals surface area contributed by atoms with E-state index in [1.165, 1.54) is 24.3 Å². The summed E-state index contributed by atoms with van der Waals surface area (Å²) in [4.78, 5) is 45.8. The predicted molar refractivity (Wildman–Crippen MR) is 146 cm³/mol. The number of amides is 3. The van der Waals surface area contributed by atoms with Gasteiger partial charge in [0.15, 0.2) is 0 Å². The summed E-state index contributed by atoms with van der Waals surface area (Å²) in [5.41, 5.74) is 0.615. The Kier molecular flexibility index (Phi) is 7.62. The number of fused-ring (bicyclic) bond motifs is 1. The van der Waals surface area contributed by atoms with Crippen molar-refractivity contribution < 1.29 is 28.2 Å². The van der Waals surface area contributed by atoms with Crippen molar-refractivity contribution in [1.29, 1.82) is 0 Å². The lowest BCUT2D eigenvalue weighted by molar-refractivity contribution is 0.0214.